The van der Waals surface area contributed by atoms with E-state index in [0.29, 0.717) is 19.8 Å². The third kappa shape index (κ3) is 4.13. The topological polar surface area (TPSA) is 65.1 Å². The fourth-order valence-electron chi connectivity index (χ4n) is 2.74. The van der Waals surface area contributed by atoms with Gasteiger partial charge in [-0.1, -0.05) is 0 Å². The molecule has 128 valence electrons. The highest BCUT2D eigenvalue weighted by Gasteiger charge is 2.51. The van der Waals surface area contributed by atoms with Gasteiger partial charge in [0.05, 0.1) is 25.9 Å². The Labute approximate surface area is 137 Å². The molecule has 2 unspecified atom stereocenters. The van der Waals surface area contributed by atoms with Gasteiger partial charge in [0, 0.05) is 17.7 Å². The zero-order chi connectivity index (χ0) is 17.2. The summed E-state index contributed by atoms with van der Waals surface area (Å²) in [6.07, 6.45) is 2.88. The Morgan fingerprint density at radius 1 is 1.35 bits per heavy atom. The standard InChI is InChI=1S/C17H25NO5/c1-6-22-15(19)8-11(2)7-13-12-9-21-10-14(12)18(13)16(20)23-17(3,4)5/h7-8,12,14H,6,9-10H2,1-5H3/b11-8-,13-7+. The van der Waals surface area contributed by atoms with Crippen molar-refractivity contribution in [1.29, 1.82) is 0 Å². The van der Waals surface area contributed by atoms with E-state index in [1.54, 1.807) is 18.7 Å². The molecule has 2 aliphatic rings. The number of allylic oxidation sites excluding steroid dienone is 2. The quantitative estimate of drug-likeness (QED) is 0.590. The van der Waals surface area contributed by atoms with Crippen LogP contribution in [0.3, 0.4) is 0 Å². The zero-order valence-electron chi connectivity index (χ0n) is 14.4. The first-order chi connectivity index (χ1) is 10.7. The van der Waals surface area contributed by atoms with Gasteiger partial charge in [-0.05, 0) is 46.3 Å². The van der Waals surface area contributed by atoms with E-state index in [9.17, 15) is 9.59 Å². The van der Waals surface area contributed by atoms with Crippen molar-refractivity contribution in [3.63, 3.8) is 0 Å². The summed E-state index contributed by atoms with van der Waals surface area (Å²) in [5.74, 6) is -0.211. The number of hydrogen-bond donors (Lipinski definition) is 0. The van der Waals surface area contributed by atoms with Crippen molar-refractivity contribution >= 4 is 12.1 Å². The highest BCUT2D eigenvalue weighted by molar-refractivity contribution is 5.83. The van der Waals surface area contributed by atoms with Gasteiger partial charge in [-0.2, -0.15) is 0 Å². The Bertz CT molecular complexity index is 544. The molecule has 0 aromatic heterocycles. The molecule has 0 radical (unpaired) electrons. The smallest absolute Gasteiger partial charge is 0.414 e. The molecule has 23 heavy (non-hydrogen) atoms. The van der Waals surface area contributed by atoms with E-state index in [2.05, 4.69) is 0 Å². The van der Waals surface area contributed by atoms with Crippen molar-refractivity contribution in [2.75, 3.05) is 19.8 Å². The molecular weight excluding hydrogens is 298 g/mol. The number of likely N-dealkylation sites (tertiary alicyclic amines) is 1. The van der Waals surface area contributed by atoms with Crippen LogP contribution in [0.15, 0.2) is 23.4 Å². The van der Waals surface area contributed by atoms with Gasteiger partial charge >= 0.3 is 12.1 Å². The summed E-state index contributed by atoms with van der Waals surface area (Å²) in [5, 5.41) is 0. The maximum atomic E-state index is 12.4. The lowest BCUT2D eigenvalue weighted by molar-refractivity contribution is -0.137. The number of rotatable bonds is 3. The molecule has 2 heterocycles. The lowest BCUT2D eigenvalue weighted by atomic mass is 9.86. The Balaban J connectivity index is 2.16. The van der Waals surface area contributed by atoms with Gasteiger partial charge in [0.1, 0.15) is 5.60 Å². The molecule has 0 aliphatic carbocycles. The minimum Gasteiger partial charge on any atom is -0.463 e. The predicted octanol–water partition coefficient (Wildman–Crippen LogP) is 2.65. The van der Waals surface area contributed by atoms with Crippen LogP contribution in [-0.4, -0.2) is 48.4 Å². The van der Waals surface area contributed by atoms with E-state index < -0.39 is 5.60 Å². The van der Waals surface area contributed by atoms with Crippen LogP contribution < -0.4 is 0 Å². The number of ether oxygens (including phenoxy) is 3. The normalized spacial score (nSPS) is 25.9. The lowest BCUT2D eigenvalue weighted by Crippen LogP contribution is -2.57. The van der Waals surface area contributed by atoms with Crippen LogP contribution in [0, 0.1) is 5.92 Å². The van der Waals surface area contributed by atoms with E-state index in [0.717, 1.165) is 11.3 Å². The van der Waals surface area contributed by atoms with Gasteiger partial charge in [0.2, 0.25) is 0 Å². The second-order valence-corrected chi connectivity index (χ2v) is 6.77. The van der Waals surface area contributed by atoms with Crippen LogP contribution in [0.5, 0.6) is 0 Å². The van der Waals surface area contributed by atoms with Crippen LogP contribution in [0.2, 0.25) is 0 Å². The molecule has 2 fully saturated rings. The van der Waals surface area contributed by atoms with Crippen LogP contribution >= 0.6 is 0 Å². The summed E-state index contributed by atoms with van der Waals surface area (Å²) in [7, 11) is 0. The summed E-state index contributed by atoms with van der Waals surface area (Å²) >= 11 is 0. The second-order valence-electron chi connectivity index (χ2n) is 6.77. The van der Waals surface area contributed by atoms with Crippen LogP contribution in [-0.2, 0) is 19.0 Å². The number of nitrogens with zero attached hydrogens (tertiary/aromatic N) is 1. The van der Waals surface area contributed by atoms with Crippen molar-refractivity contribution in [2.24, 2.45) is 5.92 Å². The van der Waals surface area contributed by atoms with Gasteiger partial charge in [0.15, 0.2) is 0 Å². The summed E-state index contributed by atoms with van der Waals surface area (Å²) in [5.41, 5.74) is 1.01. The van der Waals surface area contributed by atoms with Crippen LogP contribution in [0.4, 0.5) is 4.79 Å². The lowest BCUT2D eigenvalue weighted by Gasteiger charge is -2.45. The first-order valence-electron chi connectivity index (χ1n) is 7.89. The molecule has 0 aromatic carbocycles. The summed E-state index contributed by atoms with van der Waals surface area (Å²) in [6.45, 7) is 10.5. The van der Waals surface area contributed by atoms with E-state index in [1.807, 2.05) is 26.8 Å². The highest BCUT2D eigenvalue weighted by atomic mass is 16.6. The minimum atomic E-state index is -0.553. The molecule has 6 heteroatoms. The molecular formula is C17H25NO5. The average Bonchev–Trinajstić information content (AvgIpc) is 2.77. The highest BCUT2D eigenvalue weighted by Crippen LogP contribution is 2.42. The Kier molecular flexibility index (Phi) is 5.14. The van der Waals surface area contributed by atoms with Crippen LogP contribution in [0.1, 0.15) is 34.6 Å². The van der Waals surface area contributed by atoms with Gasteiger partial charge in [0.25, 0.3) is 0 Å². The summed E-state index contributed by atoms with van der Waals surface area (Å²) in [4.78, 5) is 25.5. The Hall–Kier alpha value is -1.82. The maximum Gasteiger partial charge on any atom is 0.414 e. The number of esters is 1. The zero-order valence-corrected chi connectivity index (χ0v) is 14.4. The molecule has 2 saturated heterocycles. The second kappa shape index (κ2) is 6.74. The maximum absolute atomic E-state index is 12.4. The average molecular weight is 323 g/mol. The third-order valence-corrected chi connectivity index (χ3v) is 3.64. The summed E-state index contributed by atoms with van der Waals surface area (Å²) in [6, 6.07) is 0.0199. The van der Waals surface area contributed by atoms with E-state index in [-0.39, 0.29) is 24.0 Å². The molecule has 2 atom stereocenters. The Morgan fingerprint density at radius 2 is 2.04 bits per heavy atom. The van der Waals surface area contributed by atoms with Crippen molar-refractivity contribution in [3.8, 4) is 0 Å². The first kappa shape index (κ1) is 17.5. The van der Waals surface area contributed by atoms with E-state index in [1.165, 1.54) is 6.08 Å². The number of carbonyl (C=O) groups excluding carboxylic acids is 2. The number of amides is 1. The molecule has 0 spiro atoms. The molecule has 0 saturated carbocycles. The minimum absolute atomic E-state index is 0.0199. The molecule has 0 N–H and O–H groups in total. The van der Waals surface area contributed by atoms with Gasteiger partial charge in [-0.3, -0.25) is 4.90 Å². The number of fused-ring (bicyclic) bond motifs is 1. The molecule has 1 amide bonds. The van der Waals surface area contributed by atoms with Gasteiger partial charge < -0.3 is 14.2 Å². The predicted molar refractivity (Wildman–Crippen MR) is 84.6 cm³/mol. The monoisotopic (exact) mass is 323 g/mol. The van der Waals surface area contributed by atoms with Gasteiger partial charge in [-0.15, -0.1) is 0 Å². The number of carbonyl (C=O) groups is 2. The fourth-order valence-corrected chi connectivity index (χ4v) is 2.74. The fraction of sp³-hybridized carbons (Fsp3) is 0.647. The molecule has 0 aromatic rings. The molecule has 0 bridgehead atoms. The third-order valence-electron chi connectivity index (χ3n) is 3.64. The van der Waals surface area contributed by atoms with E-state index in [4.69, 9.17) is 14.2 Å². The first-order valence-corrected chi connectivity index (χ1v) is 7.89. The van der Waals surface area contributed by atoms with E-state index >= 15 is 0 Å². The molecule has 2 rings (SSSR count). The SMILES string of the molecule is CCOC(=O)/C=C(C)\C=C1/C2COCC2N1C(=O)OC(C)(C)C. The van der Waals surface area contributed by atoms with Crippen molar-refractivity contribution in [2.45, 2.75) is 46.3 Å². The Morgan fingerprint density at radius 3 is 2.65 bits per heavy atom. The molecule has 6 nitrogen and oxygen atoms in total. The van der Waals surface area contributed by atoms with Crippen molar-refractivity contribution < 1.29 is 23.8 Å². The summed E-state index contributed by atoms with van der Waals surface area (Å²) < 4.78 is 15.8. The molecule has 2 aliphatic heterocycles. The number of hydrogen-bond acceptors (Lipinski definition) is 5. The van der Waals surface area contributed by atoms with Gasteiger partial charge in [-0.25, -0.2) is 9.59 Å². The van der Waals surface area contributed by atoms with Crippen molar-refractivity contribution in [3.05, 3.63) is 23.4 Å². The van der Waals surface area contributed by atoms with Crippen molar-refractivity contribution in [1.82, 2.24) is 4.90 Å². The van der Waals surface area contributed by atoms with Crippen LogP contribution in [0.25, 0.3) is 0 Å². The largest absolute Gasteiger partial charge is 0.463 e.